The van der Waals surface area contributed by atoms with E-state index in [2.05, 4.69) is 20.6 Å². The molecule has 0 aliphatic rings. The largest absolute Gasteiger partial charge is 0.497 e. The Morgan fingerprint density at radius 1 is 1.11 bits per heavy atom. The van der Waals surface area contributed by atoms with Gasteiger partial charge in [0.2, 0.25) is 17.5 Å². The van der Waals surface area contributed by atoms with Gasteiger partial charge in [-0.2, -0.15) is 4.98 Å². The van der Waals surface area contributed by atoms with Crippen LogP contribution in [-0.2, 0) is 6.54 Å². The van der Waals surface area contributed by atoms with E-state index in [0.717, 1.165) is 11.3 Å². The molecule has 0 atom stereocenters. The van der Waals surface area contributed by atoms with E-state index in [1.165, 1.54) is 12.3 Å². The fourth-order valence-corrected chi connectivity index (χ4v) is 2.35. The van der Waals surface area contributed by atoms with Crippen molar-refractivity contribution in [2.24, 2.45) is 0 Å². The minimum Gasteiger partial charge on any atom is -0.497 e. The number of ether oxygens (including phenoxy) is 1. The number of nitrogens with one attached hydrogen (secondary N) is 1. The predicted octanol–water partition coefficient (Wildman–Crippen LogP) is 2.92. The number of rotatable bonds is 6. The van der Waals surface area contributed by atoms with Gasteiger partial charge in [0, 0.05) is 11.6 Å². The Morgan fingerprint density at radius 3 is 2.70 bits per heavy atom. The smallest absolute Gasteiger partial charge is 0.273 e. The Hall–Kier alpha value is -3.88. The Labute approximate surface area is 152 Å². The van der Waals surface area contributed by atoms with Crippen LogP contribution in [0.1, 0.15) is 16.4 Å². The van der Waals surface area contributed by atoms with Crippen molar-refractivity contribution in [3.8, 4) is 28.7 Å². The molecular weight excluding hydrogens is 352 g/mol. The molecule has 1 aromatic carbocycles. The van der Waals surface area contributed by atoms with Gasteiger partial charge in [0.1, 0.15) is 5.75 Å². The van der Waals surface area contributed by atoms with E-state index < -0.39 is 5.91 Å². The molecule has 0 saturated carbocycles. The number of amides is 1. The van der Waals surface area contributed by atoms with Gasteiger partial charge in [0.15, 0.2) is 11.5 Å². The first kappa shape index (κ1) is 16.6. The average molecular weight is 366 g/mol. The minimum atomic E-state index is -0.430. The fraction of sp³-hybridized carbons (Fsp3) is 0.111. The second-order valence-corrected chi connectivity index (χ2v) is 5.48. The maximum Gasteiger partial charge on any atom is 0.273 e. The first-order chi connectivity index (χ1) is 13.2. The highest BCUT2D eigenvalue weighted by atomic mass is 16.5. The van der Waals surface area contributed by atoms with Gasteiger partial charge in [-0.15, -0.1) is 0 Å². The molecule has 1 amide bonds. The number of carbonyl (C=O) groups is 1. The lowest BCUT2D eigenvalue weighted by Crippen LogP contribution is -2.23. The van der Waals surface area contributed by atoms with Crippen LogP contribution in [0.15, 0.2) is 62.2 Å². The van der Waals surface area contributed by atoms with Gasteiger partial charge in [0.05, 0.1) is 19.9 Å². The Morgan fingerprint density at radius 2 is 1.96 bits per heavy atom. The van der Waals surface area contributed by atoms with Crippen LogP contribution >= 0.6 is 0 Å². The third-order valence-corrected chi connectivity index (χ3v) is 3.72. The van der Waals surface area contributed by atoms with E-state index in [1.54, 1.807) is 31.4 Å². The normalized spacial score (nSPS) is 10.7. The van der Waals surface area contributed by atoms with Crippen LogP contribution < -0.4 is 10.1 Å². The van der Waals surface area contributed by atoms with Crippen LogP contribution in [0.5, 0.6) is 5.75 Å². The number of hydrogen-bond acceptors (Lipinski definition) is 8. The third kappa shape index (κ3) is 3.56. The second kappa shape index (κ2) is 7.16. The molecule has 4 rings (SSSR count). The van der Waals surface area contributed by atoms with Gasteiger partial charge in [-0.3, -0.25) is 4.79 Å². The molecule has 0 fully saturated rings. The van der Waals surface area contributed by atoms with Crippen molar-refractivity contribution in [3.63, 3.8) is 0 Å². The SMILES string of the molecule is COc1ccc(-c2noc(CNC(=O)c3cc(-c4ccco4)on3)n2)cc1. The van der Waals surface area contributed by atoms with Crippen molar-refractivity contribution < 1.29 is 23.0 Å². The van der Waals surface area contributed by atoms with Crippen molar-refractivity contribution in [2.75, 3.05) is 7.11 Å². The van der Waals surface area contributed by atoms with E-state index in [0.29, 0.717) is 17.3 Å². The second-order valence-electron chi connectivity index (χ2n) is 5.48. The number of nitrogens with zero attached hydrogens (tertiary/aromatic N) is 3. The summed E-state index contributed by atoms with van der Waals surface area (Å²) in [5, 5.41) is 10.3. The molecule has 0 unspecified atom stereocenters. The molecule has 4 aromatic rings. The van der Waals surface area contributed by atoms with Crippen molar-refractivity contribution in [2.45, 2.75) is 6.54 Å². The van der Waals surface area contributed by atoms with Gasteiger partial charge in [-0.25, -0.2) is 0 Å². The van der Waals surface area contributed by atoms with Crippen LogP contribution in [0.25, 0.3) is 22.9 Å². The van der Waals surface area contributed by atoms with Crippen molar-refractivity contribution in [1.29, 1.82) is 0 Å². The number of furan rings is 1. The summed E-state index contributed by atoms with van der Waals surface area (Å²) in [4.78, 5) is 16.4. The highest BCUT2D eigenvalue weighted by Crippen LogP contribution is 2.21. The van der Waals surface area contributed by atoms with E-state index >= 15 is 0 Å². The quantitative estimate of drug-likeness (QED) is 0.554. The molecule has 0 spiro atoms. The molecule has 0 bridgehead atoms. The standard InChI is InChI=1S/C18H14N4O5/c1-24-12-6-4-11(5-7-12)17-20-16(27-22-17)10-19-18(23)13-9-15(26-21-13)14-3-2-8-25-14/h2-9H,10H2,1H3,(H,19,23). The molecule has 0 aliphatic heterocycles. The number of benzene rings is 1. The van der Waals surface area contributed by atoms with Gasteiger partial charge in [0.25, 0.3) is 5.91 Å². The topological polar surface area (TPSA) is 116 Å². The molecule has 1 N–H and O–H groups in total. The van der Waals surface area contributed by atoms with Crippen molar-refractivity contribution in [1.82, 2.24) is 20.6 Å². The Balaban J connectivity index is 1.39. The first-order valence-electron chi connectivity index (χ1n) is 7.99. The zero-order chi connectivity index (χ0) is 18.6. The number of methoxy groups -OCH3 is 1. The average Bonchev–Trinajstić information content (AvgIpc) is 3.47. The molecule has 27 heavy (non-hydrogen) atoms. The highest BCUT2D eigenvalue weighted by molar-refractivity contribution is 5.92. The van der Waals surface area contributed by atoms with Gasteiger partial charge >= 0.3 is 0 Å². The molecule has 0 aliphatic carbocycles. The monoisotopic (exact) mass is 366 g/mol. The van der Waals surface area contributed by atoms with Gasteiger partial charge < -0.3 is 23.5 Å². The van der Waals surface area contributed by atoms with E-state index in [4.69, 9.17) is 18.2 Å². The minimum absolute atomic E-state index is 0.0604. The number of aromatic nitrogens is 3. The lowest BCUT2D eigenvalue weighted by Gasteiger charge is -1.99. The summed E-state index contributed by atoms with van der Waals surface area (Å²) < 4.78 is 20.6. The summed E-state index contributed by atoms with van der Waals surface area (Å²) in [6, 6.07) is 12.2. The summed E-state index contributed by atoms with van der Waals surface area (Å²) in [5.41, 5.74) is 0.896. The van der Waals surface area contributed by atoms with Crippen LogP contribution in [-0.4, -0.2) is 28.3 Å². The molecule has 9 heteroatoms. The number of hydrogen-bond donors (Lipinski definition) is 1. The van der Waals surface area contributed by atoms with Crippen molar-refractivity contribution in [3.05, 3.63) is 60.3 Å². The summed E-state index contributed by atoms with van der Waals surface area (Å²) in [5.74, 6) is 1.84. The Kier molecular flexibility index (Phi) is 4.40. The van der Waals surface area contributed by atoms with E-state index in [1.807, 2.05) is 12.1 Å². The highest BCUT2D eigenvalue weighted by Gasteiger charge is 2.16. The van der Waals surface area contributed by atoms with Crippen LogP contribution in [0.4, 0.5) is 0 Å². The molecule has 3 aromatic heterocycles. The fourth-order valence-electron chi connectivity index (χ4n) is 2.35. The summed E-state index contributed by atoms with van der Waals surface area (Å²) in [6.45, 7) is 0.0604. The van der Waals surface area contributed by atoms with E-state index in [-0.39, 0.29) is 18.1 Å². The van der Waals surface area contributed by atoms with Crippen LogP contribution in [0.3, 0.4) is 0 Å². The maximum absolute atomic E-state index is 12.2. The summed E-state index contributed by atoms with van der Waals surface area (Å²) in [7, 11) is 1.59. The molecule has 136 valence electrons. The predicted molar refractivity (Wildman–Crippen MR) is 91.7 cm³/mol. The van der Waals surface area contributed by atoms with Crippen LogP contribution in [0.2, 0.25) is 0 Å². The summed E-state index contributed by atoms with van der Waals surface area (Å²) >= 11 is 0. The first-order valence-corrected chi connectivity index (χ1v) is 7.99. The van der Waals surface area contributed by atoms with Gasteiger partial charge in [-0.1, -0.05) is 10.3 Å². The third-order valence-electron chi connectivity index (χ3n) is 3.72. The lowest BCUT2D eigenvalue weighted by molar-refractivity contribution is 0.0937. The van der Waals surface area contributed by atoms with Crippen LogP contribution in [0, 0.1) is 0 Å². The molecule has 0 radical (unpaired) electrons. The molecular formula is C18H14N4O5. The van der Waals surface area contributed by atoms with Crippen molar-refractivity contribution >= 4 is 5.91 Å². The zero-order valence-corrected chi connectivity index (χ0v) is 14.2. The molecule has 9 nitrogen and oxygen atoms in total. The number of carbonyl (C=O) groups excluding carboxylic acids is 1. The van der Waals surface area contributed by atoms with E-state index in [9.17, 15) is 4.79 Å². The maximum atomic E-state index is 12.2. The summed E-state index contributed by atoms with van der Waals surface area (Å²) in [6.07, 6.45) is 1.51. The molecule has 3 heterocycles. The molecule has 0 saturated heterocycles. The lowest BCUT2D eigenvalue weighted by atomic mass is 10.2. The Bertz CT molecular complexity index is 1030. The van der Waals surface area contributed by atoms with Gasteiger partial charge in [-0.05, 0) is 36.4 Å². The zero-order valence-electron chi connectivity index (χ0n) is 14.2.